The third-order valence-electron chi connectivity index (χ3n) is 7.19. The van der Waals surface area contributed by atoms with Crippen LogP contribution in [-0.4, -0.2) is 11.7 Å². The zero-order valence-corrected chi connectivity index (χ0v) is 19.4. The van der Waals surface area contributed by atoms with E-state index in [1.165, 1.54) is 30.5 Å². The summed E-state index contributed by atoms with van der Waals surface area (Å²) in [4.78, 5) is 0. The van der Waals surface area contributed by atoms with Crippen molar-refractivity contribution in [2.24, 2.45) is 17.8 Å². The second-order valence-electron chi connectivity index (χ2n) is 8.88. The van der Waals surface area contributed by atoms with Crippen LogP contribution in [0.1, 0.15) is 55.7 Å². The quantitative estimate of drug-likeness (QED) is 0.430. The molecule has 2 bridgehead atoms. The van der Waals surface area contributed by atoms with Crippen molar-refractivity contribution in [2.45, 2.75) is 44.6 Å². The van der Waals surface area contributed by atoms with Gasteiger partial charge in [-0.2, -0.15) is 0 Å². The fourth-order valence-corrected chi connectivity index (χ4v) is 6.93. The first-order chi connectivity index (χ1) is 14.6. The Labute approximate surface area is 193 Å². The Kier molecular flexibility index (Phi) is 5.59. The van der Waals surface area contributed by atoms with Crippen LogP contribution in [0.2, 0.25) is 10.0 Å². The van der Waals surface area contributed by atoms with E-state index in [9.17, 15) is 0 Å². The molecule has 0 spiro atoms. The van der Waals surface area contributed by atoms with Crippen LogP contribution in [0.25, 0.3) is 0 Å². The Morgan fingerprint density at radius 1 is 1.13 bits per heavy atom. The highest BCUT2D eigenvalue weighted by Crippen LogP contribution is 2.64. The van der Waals surface area contributed by atoms with Crippen molar-refractivity contribution in [1.29, 1.82) is 0 Å². The average Bonchev–Trinajstić information content (AvgIpc) is 3.35. The summed E-state index contributed by atoms with van der Waals surface area (Å²) in [5.41, 5.74) is 4.72. The van der Waals surface area contributed by atoms with Gasteiger partial charge in [-0.25, -0.2) is 0 Å². The van der Waals surface area contributed by atoms with Crippen LogP contribution in [0, 0.1) is 17.8 Å². The van der Waals surface area contributed by atoms with Gasteiger partial charge in [0.2, 0.25) is 0 Å². The fraction of sp³-hybridized carbons (Fsp3) is 0.458. The third-order valence-corrected chi connectivity index (χ3v) is 8.10. The molecule has 2 aliphatic carbocycles. The Balaban J connectivity index is 1.51. The van der Waals surface area contributed by atoms with Crippen LogP contribution in [0.4, 0.5) is 11.4 Å². The van der Waals surface area contributed by atoms with Crippen LogP contribution in [0.15, 0.2) is 36.4 Å². The third kappa shape index (κ3) is 3.47. The molecular formula is C24H27Cl2N3S. The number of thiocarbonyl (C=S) groups is 1. The number of rotatable bonds is 4. The van der Waals surface area contributed by atoms with E-state index >= 15 is 0 Å². The minimum Gasteiger partial charge on any atom is -0.378 e. The molecule has 2 fully saturated rings. The number of fused-ring (bicyclic) bond motifs is 7. The van der Waals surface area contributed by atoms with E-state index in [0.717, 1.165) is 46.1 Å². The van der Waals surface area contributed by atoms with Gasteiger partial charge in [0.05, 0.1) is 6.04 Å². The lowest BCUT2D eigenvalue weighted by molar-refractivity contribution is 0.248. The molecular weight excluding hydrogens is 433 g/mol. The molecule has 2 aromatic rings. The largest absolute Gasteiger partial charge is 0.378 e. The van der Waals surface area contributed by atoms with Crippen LogP contribution in [-0.2, 0) is 0 Å². The van der Waals surface area contributed by atoms with Crippen LogP contribution < -0.4 is 16.0 Å². The molecule has 3 aliphatic rings. The maximum Gasteiger partial charge on any atom is 0.170 e. The number of anilines is 2. The molecule has 158 valence electrons. The molecule has 0 aromatic heterocycles. The van der Waals surface area contributed by atoms with E-state index in [-0.39, 0.29) is 6.04 Å². The Morgan fingerprint density at radius 3 is 2.67 bits per heavy atom. The van der Waals surface area contributed by atoms with Crippen molar-refractivity contribution < 1.29 is 0 Å². The first-order valence-corrected chi connectivity index (χ1v) is 12.1. The summed E-state index contributed by atoms with van der Waals surface area (Å²) >= 11 is 18.7. The molecule has 5 atom stereocenters. The minimum absolute atomic E-state index is 0.158. The normalized spacial score (nSPS) is 28.4. The number of benzene rings is 2. The van der Waals surface area contributed by atoms with Gasteiger partial charge < -0.3 is 16.0 Å². The van der Waals surface area contributed by atoms with Gasteiger partial charge in [-0.1, -0.05) is 36.2 Å². The lowest BCUT2D eigenvalue weighted by Crippen LogP contribution is -2.36. The van der Waals surface area contributed by atoms with Crippen molar-refractivity contribution in [3.63, 3.8) is 0 Å². The van der Waals surface area contributed by atoms with Crippen LogP contribution in [0.5, 0.6) is 0 Å². The lowest BCUT2D eigenvalue weighted by Gasteiger charge is -2.44. The SMILES string of the molecule is CCCNC(=S)Nc1ccc2c(c1)C1C3CCC(C3)C1C(c1c(Cl)cccc1Cl)N2. The highest BCUT2D eigenvalue weighted by atomic mass is 35.5. The fourth-order valence-electron chi connectivity index (χ4n) is 6.07. The van der Waals surface area contributed by atoms with Gasteiger partial charge in [-0.05, 0) is 97.5 Å². The lowest BCUT2D eigenvalue weighted by atomic mass is 9.68. The van der Waals surface area contributed by atoms with Gasteiger partial charge in [-0.3, -0.25) is 0 Å². The Hall–Kier alpha value is -1.49. The van der Waals surface area contributed by atoms with Crippen molar-refractivity contribution >= 4 is 51.9 Å². The van der Waals surface area contributed by atoms with Gasteiger partial charge in [0.15, 0.2) is 5.11 Å². The Bertz CT molecular complexity index is 959. The molecule has 5 unspecified atom stereocenters. The molecule has 1 heterocycles. The van der Waals surface area contributed by atoms with E-state index in [4.69, 9.17) is 35.4 Å². The zero-order valence-electron chi connectivity index (χ0n) is 17.1. The summed E-state index contributed by atoms with van der Waals surface area (Å²) in [7, 11) is 0. The predicted molar refractivity (Wildman–Crippen MR) is 131 cm³/mol. The van der Waals surface area contributed by atoms with E-state index in [1.807, 2.05) is 18.2 Å². The van der Waals surface area contributed by atoms with Gasteiger partial charge >= 0.3 is 0 Å². The number of hydrogen-bond donors (Lipinski definition) is 3. The molecule has 6 heteroatoms. The first-order valence-electron chi connectivity index (χ1n) is 11.0. The topological polar surface area (TPSA) is 36.1 Å². The first kappa shape index (κ1) is 20.4. The summed E-state index contributed by atoms with van der Waals surface area (Å²) in [5, 5.41) is 12.6. The van der Waals surface area contributed by atoms with E-state index < -0.39 is 0 Å². The molecule has 0 amide bonds. The predicted octanol–water partition coefficient (Wildman–Crippen LogP) is 6.99. The van der Waals surface area contributed by atoms with Crippen LogP contribution >= 0.6 is 35.4 Å². The molecule has 0 saturated heterocycles. The summed E-state index contributed by atoms with van der Waals surface area (Å²) in [6.45, 7) is 3.02. The monoisotopic (exact) mass is 459 g/mol. The minimum atomic E-state index is 0.158. The van der Waals surface area contributed by atoms with Gasteiger partial charge in [0.1, 0.15) is 0 Å². The maximum absolute atomic E-state index is 6.65. The van der Waals surface area contributed by atoms with E-state index in [1.54, 1.807) is 0 Å². The van der Waals surface area contributed by atoms with E-state index in [2.05, 4.69) is 41.1 Å². The summed E-state index contributed by atoms with van der Waals surface area (Å²) in [6, 6.07) is 12.6. The molecule has 5 rings (SSSR count). The van der Waals surface area contributed by atoms with Crippen molar-refractivity contribution in [3.05, 3.63) is 57.6 Å². The number of nitrogens with one attached hydrogen (secondary N) is 3. The highest BCUT2D eigenvalue weighted by molar-refractivity contribution is 7.80. The molecule has 2 saturated carbocycles. The van der Waals surface area contributed by atoms with E-state index in [0.29, 0.717) is 16.9 Å². The summed E-state index contributed by atoms with van der Waals surface area (Å²) < 4.78 is 0. The average molecular weight is 460 g/mol. The second kappa shape index (κ2) is 8.22. The smallest absolute Gasteiger partial charge is 0.170 e. The second-order valence-corrected chi connectivity index (χ2v) is 10.1. The van der Waals surface area contributed by atoms with Gasteiger partial charge in [0.25, 0.3) is 0 Å². The number of halogens is 2. The zero-order chi connectivity index (χ0) is 20.8. The molecule has 3 N–H and O–H groups in total. The molecule has 1 aliphatic heterocycles. The number of hydrogen-bond acceptors (Lipinski definition) is 2. The molecule has 0 radical (unpaired) electrons. The van der Waals surface area contributed by atoms with Gasteiger partial charge in [-0.15, -0.1) is 0 Å². The van der Waals surface area contributed by atoms with Gasteiger partial charge in [0, 0.05) is 33.5 Å². The highest BCUT2D eigenvalue weighted by Gasteiger charge is 2.54. The standard InChI is InChI=1S/C24H27Cl2N3S/c1-2-10-27-24(30)28-15-8-9-19-16(12-15)20-13-6-7-14(11-13)21(20)23(29-19)22-17(25)4-3-5-18(22)26/h3-5,8-9,12-14,20-21,23,29H,2,6-7,10-11H2,1H3,(H2,27,28,30). The van der Waals surface area contributed by atoms with Crippen LogP contribution in [0.3, 0.4) is 0 Å². The maximum atomic E-state index is 6.65. The summed E-state index contributed by atoms with van der Waals surface area (Å²) in [5.74, 6) is 2.53. The Morgan fingerprint density at radius 2 is 1.90 bits per heavy atom. The molecule has 30 heavy (non-hydrogen) atoms. The molecule has 3 nitrogen and oxygen atoms in total. The van der Waals surface area contributed by atoms with Crippen molar-refractivity contribution in [1.82, 2.24) is 5.32 Å². The van der Waals surface area contributed by atoms with Crippen molar-refractivity contribution in [3.8, 4) is 0 Å². The molecule has 2 aromatic carbocycles. The summed E-state index contributed by atoms with van der Waals surface area (Å²) in [6.07, 6.45) is 4.99. The van der Waals surface area contributed by atoms with Crippen molar-refractivity contribution in [2.75, 3.05) is 17.2 Å².